The van der Waals surface area contributed by atoms with E-state index in [-0.39, 0.29) is 61.7 Å². The number of hydrogen-bond donors (Lipinski definition) is 1. The zero-order valence-electron chi connectivity index (χ0n) is 31.5. The fourth-order valence-electron chi connectivity index (χ4n) is 7.28. The summed E-state index contributed by atoms with van der Waals surface area (Å²) in [7, 11) is 0. The molecule has 5 atom stereocenters. The number of nitrogens with one attached hydrogen (secondary N) is 1. The number of benzene rings is 1. The second-order valence-electron chi connectivity index (χ2n) is 15.3. The minimum absolute atomic E-state index is 0.0632. The minimum Gasteiger partial charge on any atom is -0.471 e. The molecule has 0 bridgehead atoms. The van der Waals surface area contributed by atoms with Crippen LogP contribution < -0.4 is 10.1 Å². The number of ketones is 1. The summed E-state index contributed by atoms with van der Waals surface area (Å²) in [4.78, 5) is 65.2. The van der Waals surface area contributed by atoms with E-state index in [1.165, 1.54) is 4.90 Å². The van der Waals surface area contributed by atoms with E-state index in [2.05, 4.69) is 28.4 Å². The van der Waals surface area contributed by atoms with Gasteiger partial charge in [0.05, 0.1) is 42.2 Å². The quantitative estimate of drug-likeness (QED) is 0.174. The van der Waals surface area contributed by atoms with Gasteiger partial charge in [0.25, 0.3) is 0 Å². The Morgan fingerprint density at radius 1 is 1.09 bits per heavy atom. The van der Waals surface area contributed by atoms with Gasteiger partial charge in [-0.15, -0.1) is 6.58 Å². The average molecular weight is 751 g/mol. The smallest absolute Gasteiger partial charge is 0.407 e. The first-order valence-electron chi connectivity index (χ1n) is 18.9. The summed E-state index contributed by atoms with van der Waals surface area (Å²) in [5.74, 6) is -5.63. The molecule has 2 aliphatic heterocycles. The van der Waals surface area contributed by atoms with Gasteiger partial charge in [0.15, 0.2) is 11.5 Å². The highest BCUT2D eigenvalue weighted by molar-refractivity contribution is 5.96. The van der Waals surface area contributed by atoms with E-state index in [1.54, 1.807) is 37.3 Å². The van der Waals surface area contributed by atoms with Gasteiger partial charge in [-0.05, 0) is 75.0 Å². The summed E-state index contributed by atoms with van der Waals surface area (Å²) in [6.07, 6.45) is 9.44. The number of esters is 1. The molecule has 0 radical (unpaired) electrons. The van der Waals surface area contributed by atoms with Gasteiger partial charge in [-0.2, -0.15) is 8.78 Å². The van der Waals surface area contributed by atoms with Crippen molar-refractivity contribution in [1.82, 2.24) is 20.2 Å². The molecule has 1 aromatic heterocycles. The number of carbonyl (C=O) groups is 4. The molecule has 3 aliphatic rings. The maximum Gasteiger partial charge on any atom is 0.407 e. The van der Waals surface area contributed by atoms with Crippen molar-refractivity contribution < 1.29 is 42.2 Å². The van der Waals surface area contributed by atoms with Crippen LogP contribution in [-0.2, 0) is 29.8 Å². The number of Topliss-reactive ketones (excluding diaryl/α,β-unsaturated/α-hetero) is 1. The third kappa shape index (κ3) is 9.51. The number of aromatic nitrogens is 2. The lowest BCUT2D eigenvalue weighted by Gasteiger charge is -2.29. The molecule has 1 N–H and O–H groups in total. The zero-order chi connectivity index (χ0) is 39.1. The van der Waals surface area contributed by atoms with E-state index in [4.69, 9.17) is 14.2 Å². The second kappa shape index (κ2) is 17.2. The SMILES string of the molecule is C=CCCC(C)(C)COC(=O)N[C@H]1CCCCC/C=C\[C@@H]2C[C@@]2(C(=O)OCC)CC(=O)[C@@H]2C[C@@H](Oc3nc4ccccc4nc3C(F)(F)C=C)CN2C1=O. The first kappa shape index (κ1) is 40.5. The Balaban J connectivity index is 1.46. The molecule has 5 rings (SSSR count). The number of halogens is 2. The molecular weight excluding hydrogens is 698 g/mol. The number of hydrogen-bond acceptors (Lipinski definition) is 9. The number of fused-ring (bicyclic) bond motifs is 3. The minimum atomic E-state index is -3.60. The second-order valence-corrected chi connectivity index (χ2v) is 15.3. The lowest BCUT2D eigenvalue weighted by atomic mass is 9.89. The predicted octanol–water partition coefficient (Wildman–Crippen LogP) is 7.39. The fraction of sp³-hybridized carbons (Fsp3) is 0.561. The number of ether oxygens (including phenoxy) is 3. The molecule has 0 spiro atoms. The molecule has 1 saturated heterocycles. The van der Waals surface area contributed by atoms with Gasteiger partial charge in [0, 0.05) is 12.8 Å². The van der Waals surface area contributed by atoms with Crippen LogP contribution in [0.4, 0.5) is 13.6 Å². The van der Waals surface area contributed by atoms with E-state index < -0.39 is 59.1 Å². The lowest BCUT2D eigenvalue weighted by Crippen LogP contribution is -2.52. The van der Waals surface area contributed by atoms with Crippen LogP contribution in [0.2, 0.25) is 0 Å². The molecule has 292 valence electrons. The third-order valence-electron chi connectivity index (χ3n) is 10.6. The van der Waals surface area contributed by atoms with Crippen LogP contribution in [0.15, 0.2) is 61.7 Å². The summed E-state index contributed by atoms with van der Waals surface area (Å²) < 4.78 is 47.6. The Morgan fingerprint density at radius 3 is 2.54 bits per heavy atom. The largest absolute Gasteiger partial charge is 0.471 e. The van der Waals surface area contributed by atoms with Gasteiger partial charge < -0.3 is 24.4 Å². The number of amides is 2. The highest BCUT2D eigenvalue weighted by atomic mass is 19.3. The monoisotopic (exact) mass is 750 g/mol. The maximum absolute atomic E-state index is 15.2. The van der Waals surface area contributed by atoms with Crippen molar-refractivity contribution in [1.29, 1.82) is 0 Å². The van der Waals surface area contributed by atoms with Gasteiger partial charge in [0.1, 0.15) is 12.1 Å². The van der Waals surface area contributed by atoms with Gasteiger partial charge in [-0.1, -0.05) is 63.6 Å². The van der Waals surface area contributed by atoms with E-state index >= 15 is 8.78 Å². The standard InChI is InChI=1S/C41H52F2N4O7/c1-6-9-21-39(4,5)26-53-38(51)46-31-20-14-12-10-11-13-17-27-23-40(27,37(50)52-8-3)24-33(48)32-22-28(25-47(32)36(31)49)54-35-34(41(42,43)7-2)44-29-18-15-16-19-30(29)45-35/h6-7,13,15-19,27-28,31-32H,1-2,8-12,14,20-26H2,3-5H3,(H,46,51)/b17-13-/t27-,28-,31+,32+,40-/m1/s1. The van der Waals surface area contributed by atoms with Crippen molar-refractivity contribution in [2.45, 2.75) is 109 Å². The summed E-state index contributed by atoms with van der Waals surface area (Å²) in [5, 5.41) is 2.75. The summed E-state index contributed by atoms with van der Waals surface area (Å²) in [5.41, 5.74) is -1.60. The van der Waals surface area contributed by atoms with Gasteiger partial charge in [-0.25, -0.2) is 14.8 Å². The van der Waals surface area contributed by atoms with Crippen LogP contribution in [0.1, 0.15) is 90.7 Å². The molecule has 11 nitrogen and oxygen atoms in total. The number of para-hydroxylation sites is 2. The van der Waals surface area contributed by atoms with Crippen molar-refractivity contribution in [2.24, 2.45) is 16.7 Å². The van der Waals surface area contributed by atoms with Crippen LogP contribution in [-0.4, -0.2) is 76.6 Å². The van der Waals surface area contributed by atoms with Crippen LogP contribution in [0.3, 0.4) is 0 Å². The van der Waals surface area contributed by atoms with Gasteiger partial charge >= 0.3 is 18.0 Å². The predicted molar refractivity (Wildman–Crippen MR) is 199 cm³/mol. The first-order chi connectivity index (χ1) is 25.7. The Kier molecular flexibility index (Phi) is 12.9. The number of nitrogens with zero attached hydrogens (tertiary/aromatic N) is 3. The molecular formula is C41H52F2N4O7. The molecule has 1 saturated carbocycles. The molecule has 54 heavy (non-hydrogen) atoms. The summed E-state index contributed by atoms with van der Waals surface area (Å²) >= 11 is 0. The molecule has 0 unspecified atom stereocenters. The Morgan fingerprint density at radius 2 is 1.83 bits per heavy atom. The van der Waals surface area contributed by atoms with Crippen LogP contribution >= 0.6 is 0 Å². The van der Waals surface area contributed by atoms with Crippen molar-refractivity contribution in [3.05, 3.63) is 67.4 Å². The van der Waals surface area contributed by atoms with E-state index in [9.17, 15) is 19.2 Å². The van der Waals surface area contributed by atoms with Crippen LogP contribution in [0, 0.1) is 16.7 Å². The Bertz CT molecular complexity index is 1760. The number of alkyl carbamates (subject to hydrolysis) is 1. The molecule has 3 heterocycles. The van der Waals surface area contributed by atoms with Crippen molar-refractivity contribution >= 4 is 34.8 Å². The van der Waals surface area contributed by atoms with Crippen LogP contribution in [0.25, 0.3) is 11.0 Å². The number of carbonyl (C=O) groups excluding carboxylic acids is 4. The topological polar surface area (TPSA) is 137 Å². The fourth-order valence-corrected chi connectivity index (χ4v) is 7.28. The number of allylic oxidation sites excluding steroid dienone is 4. The average Bonchev–Trinajstić information content (AvgIpc) is 3.68. The summed E-state index contributed by atoms with van der Waals surface area (Å²) in [6.45, 7) is 12.8. The highest BCUT2D eigenvalue weighted by Gasteiger charge is 2.61. The molecule has 2 aromatic rings. The van der Waals surface area contributed by atoms with Crippen molar-refractivity contribution in [3.8, 4) is 5.88 Å². The lowest BCUT2D eigenvalue weighted by molar-refractivity contribution is -0.152. The molecule has 13 heteroatoms. The van der Waals surface area contributed by atoms with E-state index in [0.29, 0.717) is 24.4 Å². The molecule has 1 aromatic carbocycles. The van der Waals surface area contributed by atoms with Crippen LogP contribution in [0.5, 0.6) is 5.88 Å². The first-order valence-corrected chi connectivity index (χ1v) is 18.9. The summed E-state index contributed by atoms with van der Waals surface area (Å²) in [6, 6.07) is 4.38. The van der Waals surface area contributed by atoms with E-state index in [1.807, 2.05) is 26.0 Å². The number of alkyl halides is 2. The Labute approximate surface area is 315 Å². The highest BCUT2D eigenvalue weighted by Crippen LogP contribution is 2.57. The Hall–Kier alpha value is -4.68. The van der Waals surface area contributed by atoms with E-state index in [0.717, 1.165) is 32.1 Å². The van der Waals surface area contributed by atoms with Gasteiger partial charge in [-0.3, -0.25) is 14.4 Å². The van der Waals surface area contributed by atoms with Crippen molar-refractivity contribution in [2.75, 3.05) is 19.8 Å². The van der Waals surface area contributed by atoms with Gasteiger partial charge in [0.2, 0.25) is 11.8 Å². The molecule has 1 aliphatic carbocycles. The third-order valence-corrected chi connectivity index (χ3v) is 10.6. The number of rotatable bonds is 12. The molecule has 2 amide bonds. The molecule has 2 fully saturated rings. The van der Waals surface area contributed by atoms with Crippen molar-refractivity contribution in [3.63, 3.8) is 0 Å². The normalized spacial score (nSPS) is 25.7. The maximum atomic E-state index is 15.2. The zero-order valence-corrected chi connectivity index (χ0v) is 31.5.